The Bertz CT molecular complexity index is 952. The van der Waals surface area contributed by atoms with Crippen molar-refractivity contribution in [3.63, 3.8) is 0 Å². The summed E-state index contributed by atoms with van der Waals surface area (Å²) in [4.78, 5) is 23.9. The number of ether oxygens (including phenoxy) is 1. The Labute approximate surface area is 151 Å². The van der Waals surface area contributed by atoms with E-state index in [1.165, 1.54) is 29.8 Å². The van der Waals surface area contributed by atoms with Gasteiger partial charge in [0.05, 0.1) is 10.5 Å². The van der Waals surface area contributed by atoms with Gasteiger partial charge in [-0.25, -0.2) is 18.4 Å². The lowest BCUT2D eigenvalue weighted by atomic mass is 10.1. The van der Waals surface area contributed by atoms with Crippen LogP contribution in [0.4, 0.5) is 5.69 Å². The highest BCUT2D eigenvalue weighted by Crippen LogP contribution is 2.23. The van der Waals surface area contributed by atoms with E-state index in [4.69, 9.17) is 9.88 Å². The molecule has 26 heavy (non-hydrogen) atoms. The summed E-state index contributed by atoms with van der Waals surface area (Å²) in [6, 6.07) is 10.8. The molecule has 1 amide bonds. The van der Waals surface area contributed by atoms with E-state index in [0.717, 1.165) is 24.8 Å². The second-order valence-electron chi connectivity index (χ2n) is 6.03. The number of esters is 1. The van der Waals surface area contributed by atoms with Gasteiger partial charge in [0.1, 0.15) is 0 Å². The van der Waals surface area contributed by atoms with E-state index in [-0.39, 0.29) is 4.90 Å². The van der Waals surface area contributed by atoms with Gasteiger partial charge < -0.3 is 10.1 Å². The number of carbonyl (C=O) groups is 2. The molecule has 0 saturated carbocycles. The van der Waals surface area contributed by atoms with Crippen molar-refractivity contribution in [2.75, 3.05) is 11.9 Å². The Balaban J connectivity index is 1.54. The average Bonchev–Trinajstić information content (AvgIpc) is 3.07. The SMILES string of the molecule is NS(=O)(=O)c1ccc(NC(=O)COC(=O)c2ccc3c(c2)CCC3)cc1. The Kier molecular flexibility index (Phi) is 5.06. The normalized spacial score (nSPS) is 13.1. The molecule has 1 aliphatic carbocycles. The topological polar surface area (TPSA) is 116 Å². The average molecular weight is 374 g/mol. The molecule has 3 N–H and O–H groups in total. The van der Waals surface area contributed by atoms with Gasteiger partial charge >= 0.3 is 5.97 Å². The molecule has 0 heterocycles. The minimum Gasteiger partial charge on any atom is -0.452 e. The molecule has 0 aromatic heterocycles. The lowest BCUT2D eigenvalue weighted by molar-refractivity contribution is -0.119. The molecule has 7 nitrogen and oxygen atoms in total. The first-order valence-corrected chi connectivity index (χ1v) is 9.59. The smallest absolute Gasteiger partial charge is 0.338 e. The van der Waals surface area contributed by atoms with E-state index in [2.05, 4.69) is 5.32 Å². The van der Waals surface area contributed by atoms with Gasteiger partial charge in [0.2, 0.25) is 10.0 Å². The van der Waals surface area contributed by atoms with Crippen molar-refractivity contribution in [3.05, 3.63) is 59.2 Å². The Hall–Kier alpha value is -2.71. The molecular weight excluding hydrogens is 356 g/mol. The summed E-state index contributed by atoms with van der Waals surface area (Å²) in [6.07, 6.45) is 3.06. The number of primary sulfonamides is 1. The Morgan fingerprint density at radius 1 is 1.04 bits per heavy atom. The molecule has 0 radical (unpaired) electrons. The maximum Gasteiger partial charge on any atom is 0.338 e. The van der Waals surface area contributed by atoms with Crippen molar-refractivity contribution < 1.29 is 22.7 Å². The quantitative estimate of drug-likeness (QED) is 0.772. The third-order valence-corrected chi connectivity index (χ3v) is 5.06. The van der Waals surface area contributed by atoms with E-state index >= 15 is 0 Å². The van der Waals surface area contributed by atoms with Crippen LogP contribution in [0.2, 0.25) is 0 Å². The zero-order valence-electron chi connectivity index (χ0n) is 13.9. The number of fused-ring (bicyclic) bond motifs is 1. The van der Waals surface area contributed by atoms with Gasteiger partial charge in [-0.2, -0.15) is 0 Å². The maximum atomic E-state index is 12.1. The maximum absolute atomic E-state index is 12.1. The molecule has 2 aromatic carbocycles. The van der Waals surface area contributed by atoms with Crippen LogP contribution in [-0.2, 0) is 32.4 Å². The summed E-state index contributed by atoms with van der Waals surface area (Å²) < 4.78 is 27.4. The van der Waals surface area contributed by atoms with Crippen molar-refractivity contribution in [1.82, 2.24) is 0 Å². The third kappa shape index (κ3) is 4.27. The van der Waals surface area contributed by atoms with Crippen LogP contribution < -0.4 is 10.5 Å². The van der Waals surface area contributed by atoms with Crippen LogP contribution in [-0.4, -0.2) is 26.9 Å². The predicted molar refractivity (Wildman–Crippen MR) is 95.2 cm³/mol. The van der Waals surface area contributed by atoms with Gasteiger partial charge in [-0.15, -0.1) is 0 Å². The zero-order valence-corrected chi connectivity index (χ0v) is 14.7. The van der Waals surface area contributed by atoms with E-state index < -0.39 is 28.5 Å². The monoisotopic (exact) mass is 374 g/mol. The van der Waals surface area contributed by atoms with Gasteiger partial charge in [0.25, 0.3) is 5.91 Å². The van der Waals surface area contributed by atoms with Crippen LogP contribution in [0.3, 0.4) is 0 Å². The first-order chi connectivity index (χ1) is 12.3. The third-order valence-electron chi connectivity index (χ3n) is 4.14. The zero-order chi connectivity index (χ0) is 18.7. The number of hydrogen-bond donors (Lipinski definition) is 2. The largest absolute Gasteiger partial charge is 0.452 e. The summed E-state index contributed by atoms with van der Waals surface area (Å²) in [7, 11) is -3.79. The van der Waals surface area contributed by atoms with Crippen molar-refractivity contribution in [2.24, 2.45) is 5.14 Å². The van der Waals surface area contributed by atoms with Crippen molar-refractivity contribution in [1.29, 1.82) is 0 Å². The molecule has 0 unspecified atom stereocenters. The number of hydrogen-bond acceptors (Lipinski definition) is 5. The lowest BCUT2D eigenvalue weighted by Crippen LogP contribution is -2.21. The molecule has 136 valence electrons. The van der Waals surface area contributed by atoms with Crippen molar-refractivity contribution in [2.45, 2.75) is 24.2 Å². The number of nitrogens with two attached hydrogens (primary N) is 1. The van der Waals surface area contributed by atoms with E-state index in [1.54, 1.807) is 6.07 Å². The molecule has 2 aromatic rings. The summed E-state index contributed by atoms with van der Waals surface area (Å²) in [5, 5.41) is 7.52. The standard InChI is InChI=1S/C18H18N2O5S/c19-26(23,24)16-8-6-15(7-9-16)20-17(21)11-25-18(22)14-5-4-12-2-1-3-13(12)10-14/h4-10H,1-3,11H2,(H,20,21)(H2,19,23,24). The van der Waals surface area contributed by atoms with Crippen LogP contribution >= 0.6 is 0 Å². The number of rotatable bonds is 5. The first-order valence-electron chi connectivity index (χ1n) is 8.04. The van der Waals surface area contributed by atoms with Gasteiger partial charge in [0, 0.05) is 5.69 Å². The fourth-order valence-corrected chi connectivity index (χ4v) is 3.35. The second kappa shape index (κ2) is 7.27. The fraction of sp³-hybridized carbons (Fsp3) is 0.222. The molecule has 8 heteroatoms. The Morgan fingerprint density at radius 2 is 1.73 bits per heavy atom. The second-order valence-corrected chi connectivity index (χ2v) is 7.59. The van der Waals surface area contributed by atoms with Gasteiger partial charge in [-0.1, -0.05) is 6.07 Å². The number of amides is 1. The highest BCUT2D eigenvalue weighted by atomic mass is 32.2. The number of nitrogens with one attached hydrogen (secondary N) is 1. The molecule has 0 atom stereocenters. The number of aryl methyl sites for hydroxylation is 2. The molecular formula is C18H18N2O5S. The first kappa shape index (κ1) is 18.1. The number of sulfonamides is 1. The number of anilines is 1. The van der Waals surface area contributed by atoms with Crippen LogP contribution in [0.15, 0.2) is 47.4 Å². The van der Waals surface area contributed by atoms with Crippen LogP contribution in [0.1, 0.15) is 27.9 Å². The molecule has 0 saturated heterocycles. The van der Waals surface area contributed by atoms with Crippen molar-refractivity contribution in [3.8, 4) is 0 Å². The summed E-state index contributed by atoms with van der Waals surface area (Å²) in [6.45, 7) is -0.438. The molecule has 0 spiro atoms. The molecule has 1 aliphatic rings. The van der Waals surface area contributed by atoms with Gasteiger partial charge in [-0.05, 0) is 66.8 Å². The highest BCUT2D eigenvalue weighted by Gasteiger charge is 2.16. The minimum atomic E-state index is -3.79. The van der Waals surface area contributed by atoms with Crippen LogP contribution in [0.25, 0.3) is 0 Å². The number of benzene rings is 2. The van der Waals surface area contributed by atoms with Crippen LogP contribution in [0, 0.1) is 0 Å². The summed E-state index contributed by atoms with van der Waals surface area (Å²) in [5.74, 6) is -1.08. The molecule has 3 rings (SSSR count). The van der Waals surface area contributed by atoms with E-state index in [9.17, 15) is 18.0 Å². The van der Waals surface area contributed by atoms with E-state index in [1.807, 2.05) is 12.1 Å². The van der Waals surface area contributed by atoms with E-state index in [0.29, 0.717) is 11.3 Å². The highest BCUT2D eigenvalue weighted by molar-refractivity contribution is 7.89. The van der Waals surface area contributed by atoms with Gasteiger partial charge in [0.15, 0.2) is 6.61 Å². The van der Waals surface area contributed by atoms with Crippen LogP contribution in [0.5, 0.6) is 0 Å². The summed E-state index contributed by atoms with van der Waals surface area (Å²) in [5.41, 5.74) is 3.20. The summed E-state index contributed by atoms with van der Waals surface area (Å²) >= 11 is 0. The Morgan fingerprint density at radius 3 is 2.42 bits per heavy atom. The molecule has 0 bridgehead atoms. The van der Waals surface area contributed by atoms with Gasteiger partial charge in [-0.3, -0.25) is 4.79 Å². The van der Waals surface area contributed by atoms with Crippen molar-refractivity contribution >= 4 is 27.6 Å². The number of carbonyl (C=O) groups excluding carboxylic acids is 2. The predicted octanol–water partition coefficient (Wildman–Crippen LogP) is 1.62. The lowest BCUT2D eigenvalue weighted by Gasteiger charge is -2.08. The molecule has 0 aliphatic heterocycles. The minimum absolute atomic E-state index is 0.0569. The fourth-order valence-electron chi connectivity index (χ4n) is 2.84. The molecule has 0 fully saturated rings.